The number of sulfonamides is 1. The monoisotopic (exact) mass is 452 g/mol. The summed E-state index contributed by atoms with van der Waals surface area (Å²) in [6.45, 7) is 1.12. The number of halogens is 1. The van der Waals surface area contributed by atoms with Crippen LogP contribution in [-0.4, -0.2) is 34.0 Å². The van der Waals surface area contributed by atoms with Gasteiger partial charge in [-0.05, 0) is 42.3 Å². The Balaban J connectivity index is 1.41. The minimum Gasteiger partial charge on any atom is -0.493 e. The Labute approximate surface area is 167 Å². The van der Waals surface area contributed by atoms with Crippen LogP contribution >= 0.6 is 15.9 Å². The number of hydrogen-bond acceptors (Lipinski definition) is 4. The van der Waals surface area contributed by atoms with E-state index in [1.54, 1.807) is 12.1 Å². The Morgan fingerprint density at radius 1 is 1.15 bits per heavy atom. The second-order valence-electron chi connectivity index (χ2n) is 6.39. The maximum atomic E-state index is 12.2. The lowest BCUT2D eigenvalue weighted by molar-refractivity contribution is -0.121. The molecule has 1 aliphatic heterocycles. The van der Waals surface area contributed by atoms with Crippen LogP contribution in [0.3, 0.4) is 0 Å². The molecule has 1 amide bonds. The van der Waals surface area contributed by atoms with Gasteiger partial charge in [0, 0.05) is 29.9 Å². The van der Waals surface area contributed by atoms with Gasteiger partial charge in [-0.25, -0.2) is 13.1 Å². The number of rotatable bonds is 7. The van der Waals surface area contributed by atoms with Crippen LogP contribution in [0.5, 0.6) is 5.75 Å². The average molecular weight is 453 g/mol. The number of para-hydroxylation sites is 1. The summed E-state index contributed by atoms with van der Waals surface area (Å²) in [7, 11) is -3.61. The van der Waals surface area contributed by atoms with Crippen LogP contribution in [0.2, 0.25) is 0 Å². The van der Waals surface area contributed by atoms with E-state index in [1.807, 2.05) is 24.3 Å². The minimum absolute atomic E-state index is 0.0498. The fourth-order valence-electron chi connectivity index (χ4n) is 2.86. The average Bonchev–Trinajstić information content (AvgIpc) is 2.66. The molecule has 0 saturated carbocycles. The largest absolute Gasteiger partial charge is 0.493 e. The van der Waals surface area contributed by atoms with Crippen molar-refractivity contribution in [2.45, 2.75) is 17.7 Å². The van der Waals surface area contributed by atoms with Crippen molar-refractivity contribution in [3.05, 3.63) is 58.6 Å². The van der Waals surface area contributed by atoms with E-state index < -0.39 is 10.0 Å². The normalized spacial score (nSPS) is 16.3. The lowest BCUT2D eigenvalue weighted by atomic mass is 9.97. The molecule has 0 bridgehead atoms. The molecule has 1 heterocycles. The summed E-state index contributed by atoms with van der Waals surface area (Å²) in [4.78, 5) is 12.2. The highest BCUT2D eigenvalue weighted by atomic mass is 79.9. The van der Waals surface area contributed by atoms with Crippen molar-refractivity contribution in [3.8, 4) is 5.75 Å². The van der Waals surface area contributed by atoms with Crippen LogP contribution in [0.4, 0.5) is 0 Å². The van der Waals surface area contributed by atoms with Crippen LogP contribution in [0.15, 0.2) is 57.9 Å². The number of fused-ring (bicyclic) bond motifs is 1. The highest BCUT2D eigenvalue weighted by Crippen LogP contribution is 2.26. The van der Waals surface area contributed by atoms with Gasteiger partial charge in [-0.3, -0.25) is 4.79 Å². The quantitative estimate of drug-likeness (QED) is 0.675. The molecule has 2 aromatic rings. The molecule has 0 aromatic heterocycles. The number of hydrogen-bond donors (Lipinski definition) is 2. The summed E-state index contributed by atoms with van der Waals surface area (Å²) in [5, 5.41) is 2.86. The molecule has 8 heteroatoms. The van der Waals surface area contributed by atoms with Gasteiger partial charge >= 0.3 is 0 Å². The molecule has 2 aromatic carbocycles. The van der Waals surface area contributed by atoms with E-state index in [0.29, 0.717) is 13.2 Å². The standard InChI is InChI=1S/C19H21BrN2O4S/c20-16-5-7-17(8-6-16)27(24,25)22-10-9-19(23)21-12-14-11-15-3-1-2-4-18(15)26-13-14/h1-8,14,22H,9-13H2,(H,21,23). The van der Waals surface area contributed by atoms with E-state index in [1.165, 1.54) is 12.1 Å². The zero-order chi connectivity index (χ0) is 19.3. The molecule has 2 N–H and O–H groups in total. The van der Waals surface area contributed by atoms with Crippen molar-refractivity contribution in [2.24, 2.45) is 5.92 Å². The number of ether oxygens (including phenoxy) is 1. The SMILES string of the molecule is O=C(CCNS(=O)(=O)c1ccc(Br)cc1)NCC1COc2ccccc2C1. The molecule has 144 valence electrons. The molecule has 0 aliphatic carbocycles. The molecule has 0 fully saturated rings. The first kappa shape index (κ1) is 19.9. The first-order valence-electron chi connectivity index (χ1n) is 8.67. The van der Waals surface area contributed by atoms with E-state index >= 15 is 0 Å². The number of benzene rings is 2. The van der Waals surface area contributed by atoms with Gasteiger partial charge in [0.05, 0.1) is 11.5 Å². The molecule has 27 heavy (non-hydrogen) atoms. The number of nitrogens with one attached hydrogen (secondary N) is 2. The Bertz CT molecular complexity index is 900. The highest BCUT2D eigenvalue weighted by molar-refractivity contribution is 9.10. The first-order valence-corrected chi connectivity index (χ1v) is 10.9. The van der Waals surface area contributed by atoms with E-state index in [0.717, 1.165) is 22.2 Å². The van der Waals surface area contributed by atoms with Crippen molar-refractivity contribution in [2.75, 3.05) is 19.7 Å². The minimum atomic E-state index is -3.61. The zero-order valence-electron chi connectivity index (χ0n) is 14.7. The van der Waals surface area contributed by atoms with Gasteiger partial charge in [0.2, 0.25) is 15.9 Å². The van der Waals surface area contributed by atoms with Crippen molar-refractivity contribution in [3.63, 3.8) is 0 Å². The van der Waals surface area contributed by atoms with Gasteiger partial charge in [0.15, 0.2) is 0 Å². The van der Waals surface area contributed by atoms with Crippen LogP contribution in [-0.2, 0) is 21.2 Å². The fourth-order valence-corrected chi connectivity index (χ4v) is 4.16. The summed E-state index contributed by atoms with van der Waals surface area (Å²) >= 11 is 3.27. The Morgan fingerprint density at radius 2 is 1.89 bits per heavy atom. The highest BCUT2D eigenvalue weighted by Gasteiger charge is 2.20. The van der Waals surface area contributed by atoms with E-state index in [9.17, 15) is 13.2 Å². The van der Waals surface area contributed by atoms with Crippen LogP contribution in [0, 0.1) is 5.92 Å². The van der Waals surface area contributed by atoms with Crippen molar-refractivity contribution < 1.29 is 17.9 Å². The topological polar surface area (TPSA) is 84.5 Å². The molecule has 0 saturated heterocycles. The lowest BCUT2D eigenvalue weighted by Crippen LogP contribution is -2.36. The molecular formula is C19H21BrN2O4S. The summed E-state index contributed by atoms with van der Waals surface area (Å²) in [6.07, 6.45) is 0.937. The van der Waals surface area contributed by atoms with Crippen molar-refractivity contribution >= 4 is 31.9 Å². The van der Waals surface area contributed by atoms with Gasteiger partial charge in [-0.15, -0.1) is 0 Å². The van der Waals surface area contributed by atoms with Crippen LogP contribution < -0.4 is 14.8 Å². The Morgan fingerprint density at radius 3 is 2.67 bits per heavy atom. The first-order chi connectivity index (χ1) is 12.9. The van der Waals surface area contributed by atoms with Gasteiger partial charge < -0.3 is 10.1 Å². The number of amides is 1. The lowest BCUT2D eigenvalue weighted by Gasteiger charge is -2.25. The maximum Gasteiger partial charge on any atom is 0.240 e. The van der Waals surface area contributed by atoms with Gasteiger partial charge in [0.1, 0.15) is 5.75 Å². The number of carbonyl (C=O) groups excluding carboxylic acids is 1. The summed E-state index contributed by atoms with van der Waals surface area (Å²) < 4.78 is 33.3. The van der Waals surface area contributed by atoms with E-state index in [-0.39, 0.29) is 29.7 Å². The van der Waals surface area contributed by atoms with Crippen LogP contribution in [0.25, 0.3) is 0 Å². The molecule has 1 unspecified atom stereocenters. The predicted octanol–water partition coefficient (Wildman–Crippen LogP) is 2.49. The third-order valence-electron chi connectivity index (χ3n) is 4.31. The molecule has 6 nitrogen and oxygen atoms in total. The molecule has 3 rings (SSSR count). The van der Waals surface area contributed by atoms with Crippen molar-refractivity contribution in [1.82, 2.24) is 10.0 Å². The smallest absolute Gasteiger partial charge is 0.240 e. The summed E-state index contributed by atoms with van der Waals surface area (Å²) in [5.41, 5.74) is 1.14. The van der Waals surface area contributed by atoms with Gasteiger partial charge in [-0.2, -0.15) is 0 Å². The van der Waals surface area contributed by atoms with E-state index in [4.69, 9.17) is 4.74 Å². The second-order valence-corrected chi connectivity index (χ2v) is 9.08. The fraction of sp³-hybridized carbons (Fsp3) is 0.316. The Hall–Kier alpha value is -1.90. The third-order valence-corrected chi connectivity index (χ3v) is 6.32. The van der Waals surface area contributed by atoms with Crippen LogP contribution in [0.1, 0.15) is 12.0 Å². The molecule has 1 aliphatic rings. The predicted molar refractivity (Wildman–Crippen MR) is 106 cm³/mol. The van der Waals surface area contributed by atoms with E-state index in [2.05, 4.69) is 26.0 Å². The molecule has 1 atom stereocenters. The second kappa shape index (κ2) is 8.86. The summed E-state index contributed by atoms with van der Waals surface area (Å²) in [5.74, 6) is 0.929. The van der Waals surface area contributed by atoms with Gasteiger partial charge in [0.25, 0.3) is 0 Å². The molecule has 0 radical (unpaired) electrons. The summed E-state index contributed by atoms with van der Waals surface area (Å²) in [6, 6.07) is 14.2. The zero-order valence-corrected chi connectivity index (χ0v) is 17.1. The third kappa shape index (κ3) is 5.54. The Kier molecular flexibility index (Phi) is 6.51. The molecule has 0 spiro atoms. The number of carbonyl (C=O) groups is 1. The molecular weight excluding hydrogens is 432 g/mol. The van der Waals surface area contributed by atoms with Gasteiger partial charge in [-0.1, -0.05) is 34.1 Å². The van der Waals surface area contributed by atoms with Crippen molar-refractivity contribution in [1.29, 1.82) is 0 Å². The maximum absolute atomic E-state index is 12.2.